The molecule has 1 heterocycles. The maximum atomic E-state index is 14.8. The summed E-state index contributed by atoms with van der Waals surface area (Å²) >= 11 is 13.3. The molecule has 2 aliphatic rings. The molecule has 358 valence electrons. The number of aromatic nitrogens is 1. The second-order valence-corrected chi connectivity index (χ2v) is 18.2. The van der Waals surface area contributed by atoms with Crippen LogP contribution in [0.5, 0.6) is 11.5 Å². The summed E-state index contributed by atoms with van der Waals surface area (Å²) in [6.07, 6.45) is 3.44. The molecule has 9 rings (SSSR count). The highest BCUT2D eigenvalue weighted by atomic mass is 35.5. The Morgan fingerprint density at radius 3 is 1.81 bits per heavy atom. The summed E-state index contributed by atoms with van der Waals surface area (Å²) in [6.45, 7) is -2.64. The van der Waals surface area contributed by atoms with Crippen LogP contribution in [-0.4, -0.2) is 44.5 Å². The molecule has 1 amide bonds. The van der Waals surface area contributed by atoms with E-state index >= 15 is 0 Å². The Balaban J connectivity index is 1.01. The summed E-state index contributed by atoms with van der Waals surface area (Å²) in [7, 11) is 0. The molecule has 0 spiro atoms. The SMILES string of the molecule is O=C(N[C@H](CCCOC(c1ccccc1)(c1ccccc1)c1ccccc1)C(=O)O[C@@H](Cc1c(Cl)c[nH+]cc1Cl)c1ccc(OC(F)F)c(OCC2CC2)c1)OCC1c2ccccc2-c2ccccc21. The molecule has 0 radical (unpaired) electrons. The molecule has 1 fully saturated rings. The minimum atomic E-state index is -3.10. The van der Waals surface area contributed by atoms with Gasteiger partial charge in [0.25, 0.3) is 0 Å². The first-order valence-electron chi connectivity index (χ1n) is 23.4. The van der Waals surface area contributed by atoms with Crippen molar-refractivity contribution in [3.8, 4) is 22.6 Å². The molecule has 0 aliphatic heterocycles. The molecule has 1 saturated carbocycles. The highest BCUT2D eigenvalue weighted by Gasteiger charge is 2.38. The van der Waals surface area contributed by atoms with Crippen molar-refractivity contribution in [1.82, 2.24) is 5.32 Å². The standard InChI is InChI=1S/C57H50Cl2F2N2O7/c58-48-33-62-34-49(59)46(48)32-52(38-28-29-51(70-55(60)61)53(31-38)66-35-37-26-27-37)69-54(64)50(63-56(65)67-36-47-44-23-12-10-21-42(44)43-22-11-13-24-45(43)47)25-14-30-68-57(39-15-4-1-5-16-39,40-17-6-2-7-18-40)41-19-8-3-9-20-41/h1-13,15-24,28-29,31,33-34,37,47,50,52,55H,14,25-27,30,32,35-36H2,(H,63,65)/p+1/t50-,52+/m1/s1. The van der Waals surface area contributed by atoms with Crippen LogP contribution in [0.1, 0.15) is 76.6 Å². The molecule has 6 aromatic carbocycles. The van der Waals surface area contributed by atoms with Gasteiger partial charge >= 0.3 is 18.7 Å². The smallest absolute Gasteiger partial charge is 0.407 e. The first-order valence-corrected chi connectivity index (χ1v) is 24.1. The van der Waals surface area contributed by atoms with Crippen LogP contribution in [-0.2, 0) is 31.0 Å². The molecule has 9 nitrogen and oxygen atoms in total. The van der Waals surface area contributed by atoms with Gasteiger partial charge in [-0.1, -0.05) is 169 Å². The lowest BCUT2D eigenvalue weighted by Gasteiger charge is -2.36. The van der Waals surface area contributed by atoms with E-state index in [1.165, 1.54) is 18.2 Å². The number of esters is 1. The first kappa shape index (κ1) is 48.2. The number of amides is 1. The highest BCUT2D eigenvalue weighted by Crippen LogP contribution is 2.45. The van der Waals surface area contributed by atoms with Crippen LogP contribution in [0, 0.1) is 5.92 Å². The number of fused-ring (bicyclic) bond motifs is 3. The van der Waals surface area contributed by atoms with Crippen molar-refractivity contribution in [2.75, 3.05) is 19.8 Å². The lowest BCUT2D eigenvalue weighted by atomic mass is 9.80. The van der Waals surface area contributed by atoms with E-state index in [1.807, 2.05) is 127 Å². The summed E-state index contributed by atoms with van der Waals surface area (Å²) in [4.78, 5) is 31.7. The van der Waals surface area contributed by atoms with Crippen LogP contribution < -0.4 is 19.8 Å². The van der Waals surface area contributed by atoms with Crippen molar-refractivity contribution in [2.24, 2.45) is 5.92 Å². The van der Waals surface area contributed by atoms with Gasteiger partial charge in [-0.15, -0.1) is 0 Å². The Hall–Kier alpha value is -6.79. The van der Waals surface area contributed by atoms with E-state index < -0.39 is 36.4 Å². The molecular weight excluding hydrogens is 934 g/mol. The number of benzene rings is 6. The van der Waals surface area contributed by atoms with Gasteiger partial charge in [-0.2, -0.15) is 8.78 Å². The summed E-state index contributed by atoms with van der Waals surface area (Å²) in [5.41, 5.74) is 6.75. The van der Waals surface area contributed by atoms with E-state index in [9.17, 15) is 18.4 Å². The number of rotatable bonds is 21. The van der Waals surface area contributed by atoms with Gasteiger partial charge in [-0.05, 0) is 88.2 Å². The van der Waals surface area contributed by atoms with Gasteiger partial charge in [0.05, 0.1) is 6.61 Å². The monoisotopic (exact) mass is 983 g/mol. The Kier molecular flexibility index (Phi) is 15.4. The summed E-state index contributed by atoms with van der Waals surface area (Å²) in [5.74, 6) is -0.825. The van der Waals surface area contributed by atoms with Crippen molar-refractivity contribution in [1.29, 1.82) is 0 Å². The van der Waals surface area contributed by atoms with E-state index in [0.29, 0.717) is 23.7 Å². The van der Waals surface area contributed by atoms with Crippen molar-refractivity contribution >= 4 is 35.3 Å². The summed E-state index contributed by atoms with van der Waals surface area (Å²) < 4.78 is 57.4. The number of carbonyl (C=O) groups is 2. The number of hydrogen-bond donors (Lipinski definition) is 1. The Labute approximate surface area is 415 Å². The topological polar surface area (TPSA) is 106 Å². The number of alkyl carbamates (subject to hydrolysis) is 1. The highest BCUT2D eigenvalue weighted by molar-refractivity contribution is 6.35. The van der Waals surface area contributed by atoms with Crippen molar-refractivity contribution < 1.29 is 47.0 Å². The third-order valence-electron chi connectivity index (χ3n) is 12.8. The maximum Gasteiger partial charge on any atom is 0.407 e. The van der Waals surface area contributed by atoms with Gasteiger partial charge in [0.1, 0.15) is 34.4 Å². The fourth-order valence-electron chi connectivity index (χ4n) is 9.14. The molecule has 0 unspecified atom stereocenters. The zero-order valence-corrected chi connectivity index (χ0v) is 39.6. The van der Waals surface area contributed by atoms with Gasteiger partial charge < -0.3 is 29.0 Å². The van der Waals surface area contributed by atoms with E-state index in [4.69, 9.17) is 46.9 Å². The van der Waals surface area contributed by atoms with Crippen LogP contribution in [0.3, 0.4) is 0 Å². The van der Waals surface area contributed by atoms with Gasteiger partial charge in [0.15, 0.2) is 23.9 Å². The predicted octanol–water partition coefficient (Wildman–Crippen LogP) is 12.7. The maximum absolute atomic E-state index is 14.8. The molecule has 2 atom stereocenters. The number of pyridine rings is 1. The lowest BCUT2D eigenvalue weighted by Crippen LogP contribution is -2.43. The normalized spacial score (nSPS) is 14.0. The first-order chi connectivity index (χ1) is 34.2. The Morgan fingerprint density at radius 2 is 1.26 bits per heavy atom. The average molecular weight is 985 g/mol. The number of nitrogens with one attached hydrogen (secondary N) is 2. The molecular formula is C57H51Cl2F2N2O7+. The Bertz CT molecular complexity index is 2730. The van der Waals surface area contributed by atoms with E-state index in [0.717, 1.165) is 51.8 Å². The predicted molar refractivity (Wildman–Crippen MR) is 263 cm³/mol. The summed E-state index contributed by atoms with van der Waals surface area (Å²) in [5, 5.41) is 3.39. The third kappa shape index (κ3) is 11.1. The number of ether oxygens (including phenoxy) is 5. The zero-order valence-electron chi connectivity index (χ0n) is 38.1. The molecule has 2 aliphatic carbocycles. The lowest BCUT2D eigenvalue weighted by molar-refractivity contribution is -0.377. The minimum absolute atomic E-state index is 0.0137. The number of hydrogen-bond acceptors (Lipinski definition) is 7. The fourth-order valence-corrected chi connectivity index (χ4v) is 9.67. The molecule has 0 saturated heterocycles. The molecule has 13 heteroatoms. The largest absolute Gasteiger partial charge is 0.489 e. The molecule has 70 heavy (non-hydrogen) atoms. The van der Waals surface area contributed by atoms with Crippen LogP contribution >= 0.6 is 23.2 Å². The van der Waals surface area contributed by atoms with E-state index in [1.54, 1.807) is 12.4 Å². The van der Waals surface area contributed by atoms with Gasteiger partial charge in [-0.25, -0.2) is 14.6 Å². The zero-order chi connectivity index (χ0) is 48.5. The van der Waals surface area contributed by atoms with Crippen molar-refractivity contribution in [3.63, 3.8) is 0 Å². The second kappa shape index (κ2) is 22.3. The second-order valence-electron chi connectivity index (χ2n) is 17.4. The number of aromatic amines is 1. The van der Waals surface area contributed by atoms with E-state index in [-0.39, 0.29) is 59.9 Å². The Morgan fingerprint density at radius 1 is 0.700 bits per heavy atom. The van der Waals surface area contributed by atoms with Crippen molar-refractivity contribution in [2.45, 2.75) is 62.4 Å². The van der Waals surface area contributed by atoms with Gasteiger partial charge in [0.2, 0.25) is 0 Å². The minimum Gasteiger partial charge on any atom is -0.489 e. The number of halogens is 4. The third-order valence-corrected chi connectivity index (χ3v) is 13.5. The van der Waals surface area contributed by atoms with Crippen LogP contribution in [0.25, 0.3) is 11.1 Å². The van der Waals surface area contributed by atoms with E-state index in [2.05, 4.69) is 22.4 Å². The van der Waals surface area contributed by atoms with Crippen LogP contribution in [0.15, 0.2) is 170 Å². The van der Waals surface area contributed by atoms with Gasteiger partial charge in [0, 0.05) is 24.5 Å². The fraction of sp³-hybridized carbons (Fsp3) is 0.246. The van der Waals surface area contributed by atoms with Crippen LogP contribution in [0.4, 0.5) is 13.6 Å². The number of alkyl halides is 2. The van der Waals surface area contributed by atoms with Gasteiger partial charge in [-0.3, -0.25) is 0 Å². The molecule has 7 aromatic rings. The molecule has 2 N–H and O–H groups in total. The van der Waals surface area contributed by atoms with Crippen LogP contribution in [0.2, 0.25) is 10.0 Å². The summed E-state index contributed by atoms with van der Waals surface area (Å²) in [6, 6.07) is 49.0. The quantitative estimate of drug-likeness (QED) is 0.0434. The van der Waals surface area contributed by atoms with Crippen molar-refractivity contribution in [3.05, 3.63) is 219 Å². The molecule has 1 aromatic heterocycles. The number of carbonyl (C=O) groups excluding carboxylic acids is 2. The number of H-pyrrole nitrogens is 1. The molecule has 0 bridgehead atoms. The average Bonchev–Trinajstić information content (AvgIpc) is 4.17.